The van der Waals surface area contributed by atoms with E-state index in [9.17, 15) is 0 Å². The lowest BCUT2D eigenvalue weighted by Gasteiger charge is -1.97. The van der Waals surface area contributed by atoms with Crippen molar-refractivity contribution in [3.63, 3.8) is 0 Å². The van der Waals surface area contributed by atoms with Crippen LogP contribution in [0.3, 0.4) is 0 Å². The molecule has 0 unspecified atom stereocenters. The van der Waals surface area contributed by atoms with E-state index in [0.29, 0.717) is 5.82 Å². The number of hydrogen-bond acceptors (Lipinski definition) is 3. The monoisotopic (exact) mass is 157 g/mol. The Labute approximate surface area is 64.6 Å². The van der Waals surface area contributed by atoms with E-state index in [1.807, 2.05) is 17.0 Å². The van der Waals surface area contributed by atoms with Gasteiger partial charge in [-0.3, -0.25) is 0 Å². The topological polar surface area (TPSA) is 43.8 Å². The van der Waals surface area contributed by atoms with Crippen molar-refractivity contribution in [1.29, 1.82) is 0 Å². The fourth-order valence-electron chi connectivity index (χ4n) is 0.808. The van der Waals surface area contributed by atoms with Gasteiger partial charge in [-0.1, -0.05) is 11.8 Å². The van der Waals surface area contributed by atoms with Gasteiger partial charge in [-0.2, -0.15) is 0 Å². The number of imidazole rings is 1. The van der Waals surface area contributed by atoms with Crippen LogP contribution < -0.4 is 5.73 Å². The van der Waals surface area contributed by atoms with Crippen molar-refractivity contribution in [3.05, 3.63) is 6.20 Å². The van der Waals surface area contributed by atoms with Gasteiger partial charge < -0.3 is 10.3 Å². The van der Waals surface area contributed by atoms with Crippen molar-refractivity contribution in [2.24, 2.45) is 0 Å². The molecule has 0 spiro atoms. The maximum atomic E-state index is 5.49. The average Bonchev–Trinajstić information content (AvgIpc) is 2.30. The number of nitrogens with zero attached hydrogens (tertiary/aromatic N) is 2. The van der Waals surface area contributed by atoms with Gasteiger partial charge in [0, 0.05) is 12.7 Å². The number of thioether (sulfide) groups is 1. The second-order valence-corrected chi connectivity index (χ2v) is 2.71. The summed E-state index contributed by atoms with van der Waals surface area (Å²) in [5.41, 5.74) is 5.49. The van der Waals surface area contributed by atoms with Crippen LogP contribution in [0.5, 0.6) is 0 Å². The predicted molar refractivity (Wildman–Crippen MR) is 44.1 cm³/mol. The quantitative estimate of drug-likeness (QED) is 0.656. The normalized spacial score (nSPS) is 10.2. The van der Waals surface area contributed by atoms with E-state index in [1.54, 1.807) is 11.8 Å². The second kappa shape index (κ2) is 2.96. The van der Waals surface area contributed by atoms with E-state index in [0.717, 1.165) is 11.7 Å². The molecule has 0 atom stereocenters. The molecule has 0 aromatic carbocycles. The molecule has 0 radical (unpaired) electrons. The molecule has 2 N–H and O–H groups in total. The lowest BCUT2D eigenvalue weighted by Crippen LogP contribution is -1.92. The Morgan fingerprint density at radius 1 is 1.80 bits per heavy atom. The first-order valence-corrected chi connectivity index (χ1v) is 4.37. The van der Waals surface area contributed by atoms with E-state index in [1.165, 1.54) is 0 Å². The summed E-state index contributed by atoms with van der Waals surface area (Å²) in [5, 5.41) is 0.986. The molecule has 1 aromatic heterocycles. The van der Waals surface area contributed by atoms with Crippen LogP contribution in [0.2, 0.25) is 0 Å². The van der Waals surface area contributed by atoms with Crippen LogP contribution in [0.4, 0.5) is 5.82 Å². The summed E-state index contributed by atoms with van der Waals surface area (Å²) in [4.78, 5) is 4.10. The molecule has 0 amide bonds. The van der Waals surface area contributed by atoms with Gasteiger partial charge in [0.1, 0.15) is 5.82 Å². The highest BCUT2D eigenvalue weighted by Crippen LogP contribution is 2.14. The van der Waals surface area contributed by atoms with Gasteiger partial charge in [-0.15, -0.1) is 0 Å². The summed E-state index contributed by atoms with van der Waals surface area (Å²) < 4.78 is 2.03. The number of aromatic nitrogens is 2. The van der Waals surface area contributed by atoms with E-state index >= 15 is 0 Å². The molecule has 0 aliphatic heterocycles. The zero-order chi connectivity index (χ0) is 7.56. The summed E-state index contributed by atoms with van der Waals surface area (Å²) in [6, 6.07) is 0. The van der Waals surface area contributed by atoms with E-state index in [-0.39, 0.29) is 0 Å². The number of nitrogens with two attached hydrogens (primary N) is 1. The molecule has 0 saturated carbocycles. The van der Waals surface area contributed by atoms with Gasteiger partial charge in [0.05, 0.1) is 0 Å². The smallest absolute Gasteiger partial charge is 0.169 e. The first-order valence-electron chi connectivity index (χ1n) is 3.14. The molecule has 10 heavy (non-hydrogen) atoms. The third-order valence-electron chi connectivity index (χ3n) is 1.28. The summed E-state index contributed by atoms with van der Waals surface area (Å²) in [7, 11) is 0. The molecular weight excluding hydrogens is 146 g/mol. The Kier molecular flexibility index (Phi) is 2.21. The molecule has 1 aromatic rings. The lowest BCUT2D eigenvalue weighted by atomic mass is 10.7. The van der Waals surface area contributed by atoms with Gasteiger partial charge in [0.2, 0.25) is 0 Å². The summed E-state index contributed by atoms with van der Waals surface area (Å²) in [5.74, 6) is 0.603. The number of anilines is 1. The number of nitrogen functional groups attached to an aromatic ring is 1. The predicted octanol–water partition coefficient (Wildman–Crippen LogP) is 1.21. The molecule has 0 bridgehead atoms. The molecule has 0 saturated heterocycles. The summed E-state index contributed by atoms with van der Waals surface area (Å²) >= 11 is 1.61. The van der Waals surface area contributed by atoms with E-state index in [4.69, 9.17) is 5.73 Å². The summed E-state index contributed by atoms with van der Waals surface area (Å²) in [6.07, 6.45) is 3.85. The third-order valence-corrected chi connectivity index (χ3v) is 1.97. The van der Waals surface area contributed by atoms with Crippen LogP contribution >= 0.6 is 11.8 Å². The second-order valence-electron chi connectivity index (χ2n) is 1.94. The lowest BCUT2D eigenvalue weighted by molar-refractivity contribution is 0.682. The van der Waals surface area contributed by atoms with Crippen LogP contribution in [0.1, 0.15) is 6.92 Å². The van der Waals surface area contributed by atoms with E-state index < -0.39 is 0 Å². The van der Waals surface area contributed by atoms with Crippen LogP contribution in [-0.4, -0.2) is 15.8 Å². The first kappa shape index (κ1) is 7.47. The number of aryl methyl sites for hydroxylation is 1. The highest BCUT2D eigenvalue weighted by Gasteiger charge is 2.00. The minimum Gasteiger partial charge on any atom is -0.382 e. The van der Waals surface area contributed by atoms with Gasteiger partial charge in [-0.25, -0.2) is 4.98 Å². The number of hydrogen-bond donors (Lipinski definition) is 1. The minimum absolute atomic E-state index is 0.603. The summed E-state index contributed by atoms with van der Waals surface area (Å²) in [6.45, 7) is 3.00. The van der Waals surface area contributed by atoms with Crippen LogP contribution in [0.15, 0.2) is 11.4 Å². The highest BCUT2D eigenvalue weighted by atomic mass is 32.2. The zero-order valence-electron chi connectivity index (χ0n) is 6.16. The van der Waals surface area contributed by atoms with E-state index in [2.05, 4.69) is 11.9 Å². The molecule has 0 fully saturated rings. The zero-order valence-corrected chi connectivity index (χ0v) is 6.98. The Hall–Kier alpha value is -0.640. The van der Waals surface area contributed by atoms with Crippen LogP contribution in [-0.2, 0) is 6.54 Å². The van der Waals surface area contributed by atoms with Gasteiger partial charge in [-0.05, 0) is 13.2 Å². The molecule has 3 nitrogen and oxygen atoms in total. The molecule has 4 heteroatoms. The molecule has 0 aliphatic rings. The minimum atomic E-state index is 0.603. The van der Waals surface area contributed by atoms with Crippen molar-refractivity contribution >= 4 is 17.6 Å². The standard InChI is InChI=1S/C6H11N3S/c1-3-9-4-5(7)8-6(9)10-2/h4H,3,7H2,1-2H3. The van der Waals surface area contributed by atoms with Crippen LogP contribution in [0, 0.1) is 0 Å². The van der Waals surface area contributed by atoms with Crippen molar-refractivity contribution in [3.8, 4) is 0 Å². The highest BCUT2D eigenvalue weighted by molar-refractivity contribution is 7.98. The Bertz CT molecular complexity index is 197. The van der Waals surface area contributed by atoms with Crippen molar-refractivity contribution < 1.29 is 0 Å². The first-order chi connectivity index (χ1) is 4.77. The fraction of sp³-hybridized carbons (Fsp3) is 0.500. The Balaban J connectivity index is 2.96. The van der Waals surface area contributed by atoms with Crippen molar-refractivity contribution in [2.75, 3.05) is 12.0 Å². The molecule has 56 valence electrons. The fourth-order valence-corrected chi connectivity index (χ4v) is 1.42. The maximum Gasteiger partial charge on any atom is 0.169 e. The molecule has 1 rings (SSSR count). The largest absolute Gasteiger partial charge is 0.382 e. The molecular formula is C6H11N3S. The third kappa shape index (κ3) is 1.26. The maximum absolute atomic E-state index is 5.49. The number of rotatable bonds is 2. The Morgan fingerprint density at radius 3 is 2.90 bits per heavy atom. The van der Waals surface area contributed by atoms with Gasteiger partial charge in [0.15, 0.2) is 5.16 Å². The van der Waals surface area contributed by atoms with Gasteiger partial charge in [0.25, 0.3) is 0 Å². The SMILES string of the molecule is CCn1cc(N)nc1SC. The molecule has 1 heterocycles. The molecule has 0 aliphatic carbocycles. The van der Waals surface area contributed by atoms with Crippen molar-refractivity contribution in [2.45, 2.75) is 18.6 Å². The average molecular weight is 157 g/mol. The van der Waals surface area contributed by atoms with Crippen LogP contribution in [0.25, 0.3) is 0 Å². The van der Waals surface area contributed by atoms with Crippen molar-refractivity contribution in [1.82, 2.24) is 9.55 Å². The van der Waals surface area contributed by atoms with Gasteiger partial charge >= 0.3 is 0 Å². The Morgan fingerprint density at radius 2 is 2.50 bits per heavy atom.